The molecule has 1 heterocycles. The summed E-state index contributed by atoms with van der Waals surface area (Å²) in [4.78, 5) is 27.1. The topological polar surface area (TPSA) is 46.6 Å². The second-order valence-corrected chi connectivity index (χ2v) is 6.99. The van der Waals surface area contributed by atoms with E-state index in [2.05, 4.69) is 0 Å². The van der Waals surface area contributed by atoms with Crippen LogP contribution in [-0.2, 0) is 14.3 Å². The first-order valence-electron chi connectivity index (χ1n) is 9.07. The highest BCUT2D eigenvalue weighted by Gasteiger charge is 2.27. The summed E-state index contributed by atoms with van der Waals surface area (Å²) in [5.41, 5.74) is 1.95. The molecule has 4 nitrogen and oxygen atoms in total. The number of carbonyl (C=O) groups is 2. The number of esters is 1. The van der Waals surface area contributed by atoms with Crippen molar-refractivity contribution in [3.63, 3.8) is 0 Å². The van der Waals surface area contributed by atoms with Crippen molar-refractivity contribution in [2.75, 3.05) is 13.1 Å². The Morgan fingerprint density at radius 2 is 1.67 bits per heavy atom. The van der Waals surface area contributed by atoms with Gasteiger partial charge in [0.1, 0.15) is 0 Å². The van der Waals surface area contributed by atoms with E-state index in [1.54, 1.807) is 42.2 Å². The van der Waals surface area contributed by atoms with Gasteiger partial charge in [0.25, 0.3) is 5.91 Å². The molecule has 0 radical (unpaired) electrons. The zero-order valence-corrected chi connectivity index (χ0v) is 16.0. The van der Waals surface area contributed by atoms with Gasteiger partial charge in [0.2, 0.25) is 0 Å². The summed E-state index contributed by atoms with van der Waals surface area (Å²) < 4.78 is 5.51. The van der Waals surface area contributed by atoms with E-state index in [4.69, 9.17) is 16.3 Å². The molecular formula is C22H22ClNO3. The van der Waals surface area contributed by atoms with Gasteiger partial charge in [0, 0.05) is 18.1 Å². The number of carbonyl (C=O) groups excluding carboxylic acids is 2. The van der Waals surface area contributed by atoms with E-state index in [0.29, 0.717) is 16.2 Å². The van der Waals surface area contributed by atoms with Gasteiger partial charge in [0.15, 0.2) is 6.10 Å². The van der Waals surface area contributed by atoms with Crippen molar-refractivity contribution in [2.24, 2.45) is 0 Å². The van der Waals surface area contributed by atoms with Crippen LogP contribution in [0.3, 0.4) is 0 Å². The summed E-state index contributed by atoms with van der Waals surface area (Å²) in [5, 5.41) is 0.587. The van der Waals surface area contributed by atoms with Crippen molar-refractivity contribution in [3.8, 4) is 0 Å². The number of ether oxygens (including phenoxy) is 1. The van der Waals surface area contributed by atoms with E-state index in [0.717, 1.165) is 31.5 Å². The molecule has 0 aromatic heterocycles. The Morgan fingerprint density at radius 1 is 1.04 bits per heavy atom. The van der Waals surface area contributed by atoms with Gasteiger partial charge in [-0.1, -0.05) is 54.1 Å². The van der Waals surface area contributed by atoms with E-state index in [1.807, 2.05) is 30.3 Å². The fourth-order valence-corrected chi connectivity index (χ4v) is 3.20. The SMILES string of the molecule is C[C@H](OC(=O)/C(=C/c1ccccc1)c1ccc(Cl)cc1)C(=O)N1CCCC1. The average Bonchev–Trinajstić information content (AvgIpc) is 3.22. The largest absolute Gasteiger partial charge is 0.449 e. The molecule has 1 aliphatic rings. The third-order valence-electron chi connectivity index (χ3n) is 4.54. The monoisotopic (exact) mass is 383 g/mol. The lowest BCUT2D eigenvalue weighted by Crippen LogP contribution is -2.38. The first-order valence-corrected chi connectivity index (χ1v) is 9.45. The van der Waals surface area contributed by atoms with Crippen molar-refractivity contribution in [3.05, 3.63) is 70.7 Å². The van der Waals surface area contributed by atoms with Crippen LogP contribution in [0, 0.1) is 0 Å². The van der Waals surface area contributed by atoms with Crippen LogP contribution in [0.5, 0.6) is 0 Å². The number of benzene rings is 2. The van der Waals surface area contributed by atoms with Crippen molar-refractivity contribution in [2.45, 2.75) is 25.9 Å². The number of halogens is 1. The van der Waals surface area contributed by atoms with Crippen LogP contribution in [0.4, 0.5) is 0 Å². The molecule has 5 heteroatoms. The number of nitrogens with zero attached hydrogens (tertiary/aromatic N) is 1. The zero-order chi connectivity index (χ0) is 19.2. The fourth-order valence-electron chi connectivity index (χ4n) is 3.07. The van der Waals surface area contributed by atoms with E-state index in [-0.39, 0.29) is 5.91 Å². The molecule has 0 unspecified atom stereocenters. The summed E-state index contributed by atoms with van der Waals surface area (Å²) in [6, 6.07) is 16.5. The van der Waals surface area contributed by atoms with Crippen molar-refractivity contribution >= 4 is 35.1 Å². The third kappa shape index (κ3) is 4.98. The summed E-state index contributed by atoms with van der Waals surface area (Å²) in [6.45, 7) is 3.08. The van der Waals surface area contributed by atoms with Crippen LogP contribution in [0.2, 0.25) is 5.02 Å². The Labute approximate surface area is 164 Å². The Hall–Kier alpha value is -2.59. The molecule has 140 valence electrons. The Bertz CT molecular complexity index is 824. The molecular weight excluding hydrogens is 362 g/mol. The highest BCUT2D eigenvalue weighted by Crippen LogP contribution is 2.23. The quantitative estimate of drug-likeness (QED) is 0.436. The smallest absolute Gasteiger partial charge is 0.339 e. The summed E-state index contributed by atoms with van der Waals surface area (Å²) in [6.07, 6.45) is 2.94. The molecule has 2 aromatic carbocycles. The number of likely N-dealkylation sites (tertiary alicyclic amines) is 1. The first kappa shape index (κ1) is 19.2. The average molecular weight is 384 g/mol. The summed E-state index contributed by atoms with van der Waals surface area (Å²) >= 11 is 5.97. The van der Waals surface area contributed by atoms with Gasteiger partial charge >= 0.3 is 5.97 Å². The van der Waals surface area contributed by atoms with Crippen LogP contribution >= 0.6 is 11.6 Å². The predicted molar refractivity (Wildman–Crippen MR) is 107 cm³/mol. The lowest BCUT2D eigenvalue weighted by molar-refractivity contribution is -0.153. The van der Waals surface area contributed by atoms with Gasteiger partial charge in [-0.25, -0.2) is 4.79 Å². The number of rotatable bonds is 5. The molecule has 2 aromatic rings. The molecule has 1 aliphatic heterocycles. The highest BCUT2D eigenvalue weighted by atomic mass is 35.5. The minimum absolute atomic E-state index is 0.143. The molecule has 1 saturated heterocycles. The minimum atomic E-state index is -0.818. The molecule has 1 fully saturated rings. The normalized spacial score (nSPS) is 15.5. The summed E-state index contributed by atoms with van der Waals surface area (Å²) in [7, 11) is 0. The van der Waals surface area contributed by atoms with Gasteiger partial charge in [-0.15, -0.1) is 0 Å². The zero-order valence-electron chi connectivity index (χ0n) is 15.2. The van der Waals surface area contributed by atoms with Crippen molar-refractivity contribution < 1.29 is 14.3 Å². The number of hydrogen-bond acceptors (Lipinski definition) is 3. The van der Waals surface area contributed by atoms with Gasteiger partial charge in [-0.2, -0.15) is 0 Å². The summed E-state index contributed by atoms with van der Waals surface area (Å²) in [5.74, 6) is -0.669. The molecule has 1 atom stereocenters. The first-order chi connectivity index (χ1) is 13.0. The maximum Gasteiger partial charge on any atom is 0.339 e. The lowest BCUT2D eigenvalue weighted by atomic mass is 10.0. The van der Waals surface area contributed by atoms with Gasteiger partial charge in [0.05, 0.1) is 5.57 Å². The van der Waals surface area contributed by atoms with E-state index in [9.17, 15) is 9.59 Å². The second-order valence-electron chi connectivity index (χ2n) is 6.56. The lowest BCUT2D eigenvalue weighted by Gasteiger charge is -2.21. The van der Waals surface area contributed by atoms with Crippen LogP contribution in [0.1, 0.15) is 30.9 Å². The molecule has 0 saturated carbocycles. The van der Waals surface area contributed by atoms with Crippen molar-refractivity contribution in [1.29, 1.82) is 0 Å². The molecule has 0 N–H and O–H groups in total. The van der Waals surface area contributed by atoms with Crippen LogP contribution < -0.4 is 0 Å². The van der Waals surface area contributed by atoms with Gasteiger partial charge in [-0.3, -0.25) is 4.79 Å². The van der Waals surface area contributed by atoms with E-state index in [1.165, 1.54) is 0 Å². The number of amides is 1. The van der Waals surface area contributed by atoms with Gasteiger partial charge in [-0.05, 0) is 49.1 Å². The van der Waals surface area contributed by atoms with Gasteiger partial charge < -0.3 is 9.64 Å². The molecule has 0 spiro atoms. The molecule has 27 heavy (non-hydrogen) atoms. The standard InChI is InChI=1S/C22H22ClNO3/c1-16(21(25)24-13-5-6-14-24)27-22(26)20(15-17-7-3-2-4-8-17)18-9-11-19(23)12-10-18/h2-4,7-12,15-16H,5-6,13-14H2,1H3/b20-15+/t16-/m0/s1. The minimum Gasteiger partial charge on any atom is -0.449 e. The maximum absolute atomic E-state index is 12.9. The van der Waals surface area contributed by atoms with Crippen LogP contribution in [0.15, 0.2) is 54.6 Å². The predicted octanol–water partition coefficient (Wildman–Crippen LogP) is 4.43. The maximum atomic E-state index is 12.9. The van der Waals surface area contributed by atoms with E-state index >= 15 is 0 Å². The number of hydrogen-bond donors (Lipinski definition) is 0. The Morgan fingerprint density at radius 3 is 2.30 bits per heavy atom. The van der Waals surface area contributed by atoms with Crippen LogP contribution in [-0.4, -0.2) is 36.0 Å². The highest BCUT2D eigenvalue weighted by molar-refractivity contribution is 6.30. The van der Waals surface area contributed by atoms with E-state index < -0.39 is 12.1 Å². The molecule has 1 amide bonds. The molecule has 3 rings (SSSR count). The fraction of sp³-hybridized carbons (Fsp3) is 0.273. The van der Waals surface area contributed by atoms with Crippen LogP contribution in [0.25, 0.3) is 11.6 Å². The molecule has 0 aliphatic carbocycles. The third-order valence-corrected chi connectivity index (χ3v) is 4.79. The Balaban J connectivity index is 1.83. The Kier molecular flexibility index (Phi) is 6.30. The van der Waals surface area contributed by atoms with Crippen molar-refractivity contribution in [1.82, 2.24) is 4.90 Å². The molecule has 0 bridgehead atoms. The second kappa shape index (κ2) is 8.87.